The van der Waals surface area contributed by atoms with Gasteiger partial charge in [-0.15, -0.1) is 0 Å². The number of nitrogens with zero attached hydrogens (tertiary/aromatic N) is 1. The van der Waals surface area contributed by atoms with E-state index in [1.165, 1.54) is 12.0 Å². The Labute approximate surface area is 131 Å². The fraction of sp³-hybridized carbons (Fsp3) is 0.857. The number of unbranched alkanes of at least 4 members (excludes halogenated alkanes) is 2. The largest absolute Gasteiger partial charge is 0.481 e. The number of carboxylic acids is 1. The van der Waals surface area contributed by atoms with E-state index in [0.717, 1.165) is 12.8 Å². The van der Waals surface area contributed by atoms with Crippen LogP contribution in [-0.4, -0.2) is 67.6 Å². The molecule has 2 unspecified atom stereocenters. The first-order valence-corrected chi connectivity index (χ1v) is 9.35. The van der Waals surface area contributed by atoms with E-state index in [0.29, 0.717) is 12.8 Å². The number of likely N-dealkylation sites (tertiary alicyclic amines) is 1. The molecule has 1 amide bonds. The maximum atomic E-state index is 12.2. The molecular weight excluding hydrogens is 310 g/mol. The second-order valence-electron chi connectivity index (χ2n) is 5.69. The van der Waals surface area contributed by atoms with Gasteiger partial charge in [0.2, 0.25) is 5.91 Å². The Bertz CT molecular complexity index is 490. The van der Waals surface area contributed by atoms with Crippen molar-refractivity contribution >= 4 is 21.7 Å². The lowest BCUT2D eigenvalue weighted by molar-refractivity contribution is -0.139. The number of methoxy groups -OCH3 is 1. The van der Waals surface area contributed by atoms with Gasteiger partial charge in [0.25, 0.3) is 0 Å². The topological polar surface area (TPSA) is 101 Å². The molecular formula is C14H25NO6S. The number of carboxylic acid groups (broad SMARTS) is 1. The SMILES string of the molecule is CCCCCS(=O)(=O)CC(=O)N1CC(OC)CC1CC(=O)O. The molecule has 1 fully saturated rings. The third kappa shape index (κ3) is 5.92. The number of sulfone groups is 1. The van der Waals surface area contributed by atoms with Gasteiger partial charge < -0.3 is 14.7 Å². The fourth-order valence-corrected chi connectivity index (χ4v) is 3.99. The zero-order chi connectivity index (χ0) is 16.8. The molecule has 0 spiro atoms. The molecule has 0 aromatic rings. The summed E-state index contributed by atoms with van der Waals surface area (Å²) in [5, 5.41) is 8.91. The molecule has 1 aliphatic rings. The van der Waals surface area contributed by atoms with Crippen molar-refractivity contribution in [1.29, 1.82) is 0 Å². The minimum absolute atomic E-state index is 0.00226. The van der Waals surface area contributed by atoms with Crippen LogP contribution in [0.4, 0.5) is 0 Å². The summed E-state index contributed by atoms with van der Waals surface area (Å²) in [5.41, 5.74) is 0. The molecule has 1 rings (SSSR count). The number of rotatable bonds is 9. The molecule has 1 saturated heterocycles. The van der Waals surface area contributed by atoms with Gasteiger partial charge in [-0.2, -0.15) is 0 Å². The second-order valence-corrected chi connectivity index (χ2v) is 7.87. The van der Waals surface area contributed by atoms with Crippen molar-refractivity contribution in [1.82, 2.24) is 4.90 Å². The Morgan fingerprint density at radius 2 is 2.00 bits per heavy atom. The molecule has 7 nitrogen and oxygen atoms in total. The molecule has 0 saturated carbocycles. The second kappa shape index (κ2) is 8.47. The summed E-state index contributed by atoms with van der Waals surface area (Å²) in [4.78, 5) is 24.5. The average Bonchev–Trinajstić information content (AvgIpc) is 2.80. The van der Waals surface area contributed by atoms with E-state index in [2.05, 4.69) is 0 Å². The molecule has 22 heavy (non-hydrogen) atoms. The summed E-state index contributed by atoms with van der Waals surface area (Å²) in [5.74, 6) is -2.09. The summed E-state index contributed by atoms with van der Waals surface area (Å²) < 4.78 is 29.1. The highest BCUT2D eigenvalue weighted by atomic mass is 32.2. The van der Waals surface area contributed by atoms with Crippen LogP contribution in [0, 0.1) is 0 Å². The molecule has 1 aliphatic heterocycles. The van der Waals surface area contributed by atoms with Crippen molar-refractivity contribution in [3.8, 4) is 0 Å². The predicted octanol–water partition coefficient (Wildman–Crippen LogP) is 0.682. The molecule has 1 N–H and O–H groups in total. The van der Waals surface area contributed by atoms with E-state index in [4.69, 9.17) is 9.84 Å². The summed E-state index contributed by atoms with van der Waals surface area (Å²) in [6.45, 7) is 2.22. The van der Waals surface area contributed by atoms with Crippen LogP contribution in [0.3, 0.4) is 0 Å². The monoisotopic (exact) mass is 335 g/mol. The molecule has 0 aromatic heterocycles. The number of carbonyl (C=O) groups excluding carboxylic acids is 1. The molecule has 1 heterocycles. The van der Waals surface area contributed by atoms with Crippen molar-refractivity contribution < 1.29 is 27.9 Å². The van der Waals surface area contributed by atoms with Crippen LogP contribution < -0.4 is 0 Å². The standard InChI is InChI=1S/C14H25NO6S/c1-3-4-5-6-22(19,20)10-13(16)15-9-12(21-2)7-11(15)8-14(17)18/h11-12H,3-10H2,1-2H3,(H,17,18). The van der Waals surface area contributed by atoms with Crippen molar-refractivity contribution in [3.63, 3.8) is 0 Å². The van der Waals surface area contributed by atoms with Crippen molar-refractivity contribution in [2.24, 2.45) is 0 Å². The maximum absolute atomic E-state index is 12.2. The lowest BCUT2D eigenvalue weighted by Crippen LogP contribution is -2.41. The number of hydrogen-bond acceptors (Lipinski definition) is 5. The third-order valence-corrected chi connectivity index (χ3v) is 5.44. The quantitative estimate of drug-likeness (QED) is 0.622. The van der Waals surface area contributed by atoms with Crippen LogP contribution in [0.25, 0.3) is 0 Å². The van der Waals surface area contributed by atoms with E-state index >= 15 is 0 Å². The Kier molecular flexibility index (Phi) is 7.28. The first-order chi connectivity index (χ1) is 10.3. The number of carbonyl (C=O) groups is 2. The van der Waals surface area contributed by atoms with Crippen molar-refractivity contribution in [3.05, 3.63) is 0 Å². The Balaban J connectivity index is 2.66. The van der Waals surface area contributed by atoms with Gasteiger partial charge in [-0.1, -0.05) is 19.8 Å². The van der Waals surface area contributed by atoms with E-state index < -0.39 is 33.5 Å². The van der Waals surface area contributed by atoms with Gasteiger partial charge in [-0.25, -0.2) is 8.42 Å². The number of amides is 1. The number of ether oxygens (including phenoxy) is 1. The highest BCUT2D eigenvalue weighted by molar-refractivity contribution is 7.92. The summed E-state index contributed by atoms with van der Waals surface area (Å²) in [6.07, 6.45) is 2.25. The first-order valence-electron chi connectivity index (χ1n) is 7.53. The normalized spacial score (nSPS) is 22.0. The van der Waals surface area contributed by atoms with Crippen molar-refractivity contribution in [2.75, 3.05) is 25.2 Å². The van der Waals surface area contributed by atoms with Crippen LogP contribution in [0.5, 0.6) is 0 Å². The van der Waals surface area contributed by atoms with Gasteiger partial charge >= 0.3 is 5.97 Å². The van der Waals surface area contributed by atoms with E-state index in [1.54, 1.807) is 0 Å². The van der Waals surface area contributed by atoms with Gasteiger partial charge in [0.1, 0.15) is 5.75 Å². The summed E-state index contributed by atoms with van der Waals surface area (Å²) in [7, 11) is -1.95. The highest BCUT2D eigenvalue weighted by Crippen LogP contribution is 2.23. The Hall–Kier alpha value is -1.15. The van der Waals surface area contributed by atoms with Crippen LogP contribution in [0.2, 0.25) is 0 Å². The lowest BCUT2D eigenvalue weighted by atomic mass is 10.1. The summed E-state index contributed by atoms with van der Waals surface area (Å²) in [6, 6.07) is -0.499. The fourth-order valence-electron chi connectivity index (χ4n) is 2.66. The molecule has 8 heteroatoms. The van der Waals surface area contributed by atoms with E-state index in [9.17, 15) is 18.0 Å². The van der Waals surface area contributed by atoms with Crippen LogP contribution >= 0.6 is 0 Å². The zero-order valence-corrected chi connectivity index (χ0v) is 14.0. The molecule has 128 valence electrons. The molecule has 0 aromatic carbocycles. The molecule has 0 bridgehead atoms. The van der Waals surface area contributed by atoms with Crippen LogP contribution in [-0.2, 0) is 24.2 Å². The van der Waals surface area contributed by atoms with Crippen LogP contribution in [0.1, 0.15) is 39.0 Å². The minimum atomic E-state index is -3.45. The van der Waals surface area contributed by atoms with Gasteiger partial charge in [-0.3, -0.25) is 9.59 Å². The maximum Gasteiger partial charge on any atom is 0.305 e. The van der Waals surface area contributed by atoms with Crippen molar-refractivity contribution in [2.45, 2.75) is 51.2 Å². The smallest absolute Gasteiger partial charge is 0.305 e. The zero-order valence-electron chi connectivity index (χ0n) is 13.2. The average molecular weight is 335 g/mol. The summed E-state index contributed by atoms with van der Waals surface area (Å²) >= 11 is 0. The lowest BCUT2D eigenvalue weighted by Gasteiger charge is -2.23. The molecule has 0 aliphatic carbocycles. The minimum Gasteiger partial charge on any atom is -0.481 e. The van der Waals surface area contributed by atoms with Gasteiger partial charge in [-0.05, 0) is 12.8 Å². The van der Waals surface area contributed by atoms with E-state index in [1.807, 2.05) is 6.92 Å². The third-order valence-electron chi connectivity index (χ3n) is 3.84. The van der Waals surface area contributed by atoms with Gasteiger partial charge in [0.05, 0.1) is 18.3 Å². The number of hydrogen-bond donors (Lipinski definition) is 1. The molecule has 0 radical (unpaired) electrons. The Morgan fingerprint density at radius 3 is 2.55 bits per heavy atom. The molecule has 2 atom stereocenters. The van der Waals surface area contributed by atoms with Gasteiger partial charge in [0, 0.05) is 19.7 Å². The number of aliphatic carboxylic acids is 1. The van der Waals surface area contributed by atoms with Gasteiger partial charge in [0.15, 0.2) is 9.84 Å². The predicted molar refractivity (Wildman–Crippen MR) is 81.3 cm³/mol. The Morgan fingerprint density at radius 1 is 1.32 bits per heavy atom. The van der Waals surface area contributed by atoms with E-state index in [-0.39, 0.29) is 24.8 Å². The highest BCUT2D eigenvalue weighted by Gasteiger charge is 2.37. The first kappa shape index (κ1) is 18.9. The van der Waals surface area contributed by atoms with Crippen LogP contribution in [0.15, 0.2) is 0 Å².